The summed E-state index contributed by atoms with van der Waals surface area (Å²) in [6, 6.07) is 57.3. The molecule has 6 aromatic rings. The first-order chi connectivity index (χ1) is 27.7. The normalized spacial score (nSPS) is 18.3. The van der Waals surface area contributed by atoms with Gasteiger partial charge in [0.05, 0.1) is 0 Å². The van der Waals surface area contributed by atoms with Crippen molar-refractivity contribution in [3.05, 3.63) is 182 Å². The molecule has 2 saturated carbocycles. The summed E-state index contributed by atoms with van der Waals surface area (Å²) in [7, 11) is -9.45. The number of rotatable bonds is 12. The largest absolute Gasteiger partial charge is 0.418 e. The van der Waals surface area contributed by atoms with Gasteiger partial charge in [-0.2, -0.15) is 8.42 Å². The van der Waals surface area contributed by atoms with Crippen molar-refractivity contribution in [1.82, 2.24) is 5.32 Å². The average Bonchev–Trinajstić information content (AvgIpc) is 3.88. The van der Waals surface area contributed by atoms with Gasteiger partial charge in [-0.15, -0.1) is 0 Å². The Hall–Kier alpha value is -4.94. The van der Waals surface area contributed by atoms with Crippen molar-refractivity contribution in [3.63, 3.8) is 0 Å². The van der Waals surface area contributed by atoms with Gasteiger partial charge in [0, 0.05) is 35.4 Å². The lowest BCUT2D eigenvalue weighted by molar-refractivity contribution is 0.172. The highest BCUT2D eigenvalue weighted by molar-refractivity contribution is 8.33. The van der Waals surface area contributed by atoms with Gasteiger partial charge in [-0.3, -0.25) is 0 Å². The van der Waals surface area contributed by atoms with E-state index in [0.29, 0.717) is 20.6 Å². The summed E-state index contributed by atoms with van der Waals surface area (Å²) in [5.41, 5.74) is 0. The van der Waals surface area contributed by atoms with Gasteiger partial charge in [-0.05, 0) is 125 Å². The molecule has 3 unspecified atom stereocenters. The number of hydrogen-bond donors (Lipinski definition) is 1. The Balaban J connectivity index is 0.000000175. The van der Waals surface area contributed by atoms with Gasteiger partial charge in [0.15, 0.2) is 0 Å². The third-order valence-electron chi connectivity index (χ3n) is 10.2. The predicted molar refractivity (Wildman–Crippen MR) is 223 cm³/mol. The molecule has 2 aliphatic carbocycles. The van der Waals surface area contributed by atoms with E-state index in [9.17, 15) is 22.0 Å². The minimum Gasteiger partial charge on any atom is -0.386 e. The maximum atomic E-state index is 13.3. The van der Waals surface area contributed by atoms with Crippen LogP contribution in [0.25, 0.3) is 0 Å². The van der Waals surface area contributed by atoms with Gasteiger partial charge in [-0.25, -0.2) is 17.2 Å². The standard InChI is InChI=1S/C26H27NO2S.C20H18F2O3S2/c28-26(27-25-19-20-16-17-21(25)18-20)29-30(22-10-4-1-5-11-22,23-12-6-2-7-13-23)24-14-8-3-9-15-24;21-20(22)16-26(23,24)25-27(17-10-4-1-5-11-17,18-12-6-2-7-13-18)19-14-8-3-9-15-19/h1-15,20-21,25H,16-19H2,(H,27,28);1-15,20H,16H2. The van der Waals surface area contributed by atoms with Crippen molar-refractivity contribution in [1.29, 1.82) is 0 Å². The maximum absolute atomic E-state index is 13.3. The van der Waals surface area contributed by atoms with Crippen molar-refractivity contribution in [2.45, 2.75) is 67.5 Å². The van der Waals surface area contributed by atoms with Gasteiger partial charge in [-0.1, -0.05) is 116 Å². The molecule has 0 aromatic heterocycles. The number of carbonyl (C=O) groups excluding carboxylic acids is 1. The fraction of sp³-hybridized carbons (Fsp3) is 0.196. The summed E-state index contributed by atoms with van der Waals surface area (Å²) in [6.07, 6.45) is 1.55. The van der Waals surface area contributed by atoms with E-state index in [1.54, 1.807) is 91.0 Å². The highest BCUT2D eigenvalue weighted by Crippen LogP contribution is 2.70. The van der Waals surface area contributed by atoms with Crippen LogP contribution in [0.15, 0.2) is 211 Å². The Bertz CT molecular complexity index is 2100. The number of halogens is 2. The highest BCUT2D eigenvalue weighted by Gasteiger charge is 2.42. The van der Waals surface area contributed by atoms with Gasteiger partial charge in [0.2, 0.25) is 0 Å². The lowest BCUT2D eigenvalue weighted by Gasteiger charge is -2.40. The van der Waals surface area contributed by atoms with Crippen LogP contribution in [0.4, 0.5) is 13.6 Å². The number of hydrogen-bond acceptors (Lipinski definition) is 5. The van der Waals surface area contributed by atoms with E-state index in [4.69, 9.17) is 7.81 Å². The number of carbonyl (C=O) groups is 1. The molecule has 6 aromatic carbocycles. The second kappa shape index (κ2) is 18.1. The zero-order valence-corrected chi connectivity index (χ0v) is 33.6. The van der Waals surface area contributed by atoms with E-state index >= 15 is 0 Å². The maximum Gasteiger partial charge on any atom is 0.418 e. The molecule has 296 valence electrons. The quantitative estimate of drug-likeness (QED) is 0.133. The Morgan fingerprint density at radius 2 is 0.895 bits per heavy atom. The van der Waals surface area contributed by atoms with E-state index < -0.39 is 42.9 Å². The lowest BCUT2D eigenvalue weighted by Crippen LogP contribution is -2.39. The van der Waals surface area contributed by atoms with Crippen LogP contribution >= 0.6 is 20.6 Å². The van der Waals surface area contributed by atoms with Crippen molar-refractivity contribution < 1.29 is 29.8 Å². The number of benzene rings is 6. The van der Waals surface area contributed by atoms with E-state index in [1.165, 1.54) is 19.3 Å². The average molecular weight is 826 g/mol. The van der Waals surface area contributed by atoms with Crippen LogP contribution in [-0.2, 0) is 17.9 Å². The molecule has 1 amide bonds. The molecule has 2 bridgehead atoms. The number of alkyl halides is 2. The third kappa shape index (κ3) is 9.12. The summed E-state index contributed by atoms with van der Waals surface area (Å²) >= 11 is 0. The van der Waals surface area contributed by atoms with Gasteiger partial charge < -0.3 is 9.50 Å². The number of fused-ring (bicyclic) bond motifs is 2. The molecule has 11 heteroatoms. The minimum absolute atomic E-state index is 0.246. The van der Waals surface area contributed by atoms with E-state index in [1.807, 2.05) is 54.6 Å². The first-order valence-corrected chi connectivity index (χ1v) is 23.6. The van der Waals surface area contributed by atoms with Crippen molar-refractivity contribution in [2.75, 3.05) is 5.75 Å². The van der Waals surface area contributed by atoms with Gasteiger partial charge >= 0.3 is 6.09 Å². The molecule has 6 nitrogen and oxygen atoms in total. The fourth-order valence-electron chi connectivity index (χ4n) is 7.80. The van der Waals surface area contributed by atoms with Crippen LogP contribution in [0.1, 0.15) is 25.7 Å². The molecule has 1 N–H and O–H groups in total. The highest BCUT2D eigenvalue weighted by atomic mass is 32.3. The first-order valence-electron chi connectivity index (χ1n) is 18.9. The molecule has 2 aliphatic rings. The van der Waals surface area contributed by atoms with Crippen LogP contribution in [0.5, 0.6) is 0 Å². The molecule has 2 fully saturated rings. The molecule has 0 aliphatic heterocycles. The van der Waals surface area contributed by atoms with Crippen molar-refractivity contribution >= 4 is 36.8 Å². The Morgan fingerprint density at radius 1 is 0.544 bits per heavy atom. The fourth-order valence-corrected chi connectivity index (χ4v) is 16.0. The van der Waals surface area contributed by atoms with Crippen molar-refractivity contribution in [2.24, 2.45) is 11.8 Å². The summed E-state index contributed by atoms with van der Waals surface area (Å²) in [5.74, 6) is 0.0285. The van der Waals surface area contributed by atoms with Crippen LogP contribution in [0.2, 0.25) is 0 Å². The van der Waals surface area contributed by atoms with Crippen LogP contribution in [0.3, 0.4) is 0 Å². The van der Waals surface area contributed by atoms with E-state index in [2.05, 4.69) is 41.7 Å². The zero-order valence-electron chi connectivity index (χ0n) is 31.2. The van der Waals surface area contributed by atoms with Gasteiger partial charge in [0.1, 0.15) is 5.75 Å². The Labute approximate surface area is 337 Å². The van der Waals surface area contributed by atoms with Crippen LogP contribution in [0, 0.1) is 11.8 Å². The minimum atomic E-state index is -4.50. The van der Waals surface area contributed by atoms with Crippen LogP contribution in [-0.4, -0.2) is 32.7 Å². The van der Waals surface area contributed by atoms with Crippen molar-refractivity contribution in [3.8, 4) is 0 Å². The molecule has 3 atom stereocenters. The van der Waals surface area contributed by atoms with E-state index in [-0.39, 0.29) is 12.1 Å². The smallest absolute Gasteiger partial charge is 0.386 e. The zero-order chi connectivity index (χ0) is 39.7. The number of nitrogens with one attached hydrogen (secondary N) is 1. The first kappa shape index (κ1) is 40.3. The Morgan fingerprint density at radius 3 is 1.19 bits per heavy atom. The monoisotopic (exact) mass is 825 g/mol. The summed E-state index contributed by atoms with van der Waals surface area (Å²) in [6.45, 7) is 0. The molecular formula is C46H45F2NO5S3. The second-order valence-electron chi connectivity index (χ2n) is 14.0. The topological polar surface area (TPSA) is 81.7 Å². The SMILES string of the molecule is O=C(NC1CC2CCC1C2)OS(c1ccccc1)(c1ccccc1)c1ccccc1.O=S(=O)(CC(F)F)OS(c1ccccc1)(c1ccccc1)c1ccccc1. The molecule has 0 spiro atoms. The number of amides is 1. The summed E-state index contributed by atoms with van der Waals surface area (Å²) in [4.78, 5) is 18.2. The summed E-state index contributed by atoms with van der Waals surface area (Å²) < 4.78 is 62.9. The molecule has 0 radical (unpaired) electrons. The molecule has 57 heavy (non-hydrogen) atoms. The Kier molecular flexibility index (Phi) is 12.8. The molecule has 0 heterocycles. The van der Waals surface area contributed by atoms with E-state index in [0.717, 1.165) is 27.0 Å². The summed E-state index contributed by atoms with van der Waals surface area (Å²) in [5, 5.41) is 3.23. The molecule has 8 rings (SSSR count). The second-order valence-corrected chi connectivity index (χ2v) is 21.2. The lowest BCUT2D eigenvalue weighted by atomic mass is 9.96. The third-order valence-corrected chi connectivity index (χ3v) is 18.6. The predicted octanol–water partition coefficient (Wildman–Crippen LogP) is 12.3. The van der Waals surface area contributed by atoms with Crippen LogP contribution < -0.4 is 5.32 Å². The molecule has 0 saturated heterocycles. The van der Waals surface area contributed by atoms with Gasteiger partial charge in [0.25, 0.3) is 16.5 Å². The molecular weight excluding hydrogens is 781 g/mol.